The predicted molar refractivity (Wildman–Crippen MR) is 138 cm³/mol. The molecule has 0 aromatic heterocycles. The number of rotatable bonds is 14. The third kappa shape index (κ3) is 7.72. The second kappa shape index (κ2) is 13.1. The Balaban J connectivity index is 1.27. The Morgan fingerprint density at radius 2 is 1.03 bits per heavy atom. The van der Waals surface area contributed by atoms with Crippen molar-refractivity contribution in [2.45, 2.75) is 25.7 Å². The Kier molecular flexibility index (Phi) is 9.67. The molecule has 6 N–H and O–H groups in total. The van der Waals surface area contributed by atoms with Gasteiger partial charge < -0.3 is 30.7 Å². The molecule has 10 heteroatoms. The number of amidine groups is 2. The van der Waals surface area contributed by atoms with Crippen molar-refractivity contribution in [2.75, 3.05) is 39.4 Å². The third-order valence-corrected chi connectivity index (χ3v) is 5.91. The number of nitrogen functional groups attached to an aromatic ring is 2. The number of carbonyl (C=O) groups excluding carboxylic acids is 2. The van der Waals surface area contributed by atoms with E-state index >= 15 is 0 Å². The lowest BCUT2D eigenvalue weighted by Crippen LogP contribution is -2.54. The zero-order valence-electron chi connectivity index (χ0n) is 20.4. The predicted octanol–water partition coefficient (Wildman–Crippen LogP) is 1.94. The smallest absolute Gasteiger partial charge is 0.312 e. The Hall–Kier alpha value is -4.08. The van der Waals surface area contributed by atoms with E-state index in [4.69, 9.17) is 31.8 Å². The van der Waals surface area contributed by atoms with Crippen molar-refractivity contribution < 1.29 is 19.1 Å². The topological polar surface area (TPSA) is 159 Å². The van der Waals surface area contributed by atoms with E-state index in [0.29, 0.717) is 62.0 Å². The van der Waals surface area contributed by atoms with Gasteiger partial charge in [-0.15, -0.1) is 0 Å². The molecule has 0 saturated carbocycles. The standard InChI is InChI=1S/C26H34N6O4/c27-23(28)19-5-9-21(10-6-19)35-17-3-1-13-31-15-16-32(26(34)25(31)33)14-2-4-18-36-22-11-7-20(8-12-22)24(29)30/h5-12H,1-4,13-18H2,(H3,27,28)(H3,29,30). The van der Waals surface area contributed by atoms with Crippen LogP contribution in [0.15, 0.2) is 48.5 Å². The number of ether oxygens (including phenoxy) is 2. The van der Waals surface area contributed by atoms with Crippen molar-refractivity contribution in [3.05, 3.63) is 59.7 Å². The molecule has 2 aromatic rings. The Bertz CT molecular complexity index is 970. The molecule has 1 fully saturated rings. The van der Waals surface area contributed by atoms with Crippen LogP contribution >= 0.6 is 0 Å². The first kappa shape index (κ1) is 26.5. The first-order valence-corrected chi connectivity index (χ1v) is 12.1. The summed E-state index contributed by atoms with van der Waals surface area (Å²) >= 11 is 0. The van der Waals surface area contributed by atoms with Gasteiger partial charge in [0.15, 0.2) is 0 Å². The molecule has 1 aliphatic rings. The van der Waals surface area contributed by atoms with E-state index in [1.54, 1.807) is 58.3 Å². The van der Waals surface area contributed by atoms with E-state index in [0.717, 1.165) is 25.7 Å². The number of unbranched alkanes of at least 4 members (excludes halogenated alkanes) is 2. The molecule has 1 saturated heterocycles. The van der Waals surface area contributed by atoms with E-state index in [1.165, 1.54) is 0 Å². The zero-order chi connectivity index (χ0) is 25.9. The first-order chi connectivity index (χ1) is 17.3. The van der Waals surface area contributed by atoms with Crippen molar-refractivity contribution >= 4 is 23.5 Å². The number of hydrogen-bond acceptors (Lipinski definition) is 6. The molecule has 36 heavy (non-hydrogen) atoms. The summed E-state index contributed by atoms with van der Waals surface area (Å²) in [7, 11) is 0. The van der Waals surface area contributed by atoms with Crippen molar-refractivity contribution in [2.24, 2.45) is 11.5 Å². The molecule has 2 aromatic carbocycles. The molecule has 0 aliphatic carbocycles. The van der Waals surface area contributed by atoms with E-state index in [1.807, 2.05) is 0 Å². The highest BCUT2D eigenvalue weighted by molar-refractivity contribution is 6.35. The van der Waals surface area contributed by atoms with Crippen molar-refractivity contribution in [3.63, 3.8) is 0 Å². The van der Waals surface area contributed by atoms with Gasteiger partial charge in [0.2, 0.25) is 0 Å². The number of nitrogens with one attached hydrogen (secondary N) is 2. The monoisotopic (exact) mass is 494 g/mol. The van der Waals surface area contributed by atoms with Gasteiger partial charge in [-0.3, -0.25) is 20.4 Å². The van der Waals surface area contributed by atoms with Gasteiger partial charge in [0.25, 0.3) is 0 Å². The summed E-state index contributed by atoms with van der Waals surface area (Å²) < 4.78 is 11.4. The van der Waals surface area contributed by atoms with Crippen LogP contribution in [0.25, 0.3) is 0 Å². The minimum atomic E-state index is -0.441. The molecular weight excluding hydrogens is 460 g/mol. The summed E-state index contributed by atoms with van der Waals surface area (Å²) in [6.45, 7) is 3.14. The lowest BCUT2D eigenvalue weighted by molar-refractivity contribution is -0.156. The van der Waals surface area contributed by atoms with Crippen LogP contribution in [0.5, 0.6) is 11.5 Å². The van der Waals surface area contributed by atoms with Crippen molar-refractivity contribution in [1.29, 1.82) is 10.8 Å². The third-order valence-electron chi connectivity index (χ3n) is 5.91. The highest BCUT2D eigenvalue weighted by Crippen LogP contribution is 2.14. The largest absolute Gasteiger partial charge is 0.494 e. The highest BCUT2D eigenvalue weighted by Gasteiger charge is 2.31. The van der Waals surface area contributed by atoms with E-state index in [9.17, 15) is 9.59 Å². The number of nitrogens with zero attached hydrogens (tertiary/aromatic N) is 2. The van der Waals surface area contributed by atoms with Gasteiger partial charge in [-0.2, -0.15) is 0 Å². The van der Waals surface area contributed by atoms with Gasteiger partial charge in [0.1, 0.15) is 23.2 Å². The van der Waals surface area contributed by atoms with Crippen molar-refractivity contribution in [3.8, 4) is 11.5 Å². The number of carbonyl (C=O) groups is 2. The zero-order valence-corrected chi connectivity index (χ0v) is 20.4. The molecule has 10 nitrogen and oxygen atoms in total. The molecule has 0 radical (unpaired) electrons. The van der Waals surface area contributed by atoms with Gasteiger partial charge in [-0.25, -0.2) is 0 Å². The summed E-state index contributed by atoms with van der Waals surface area (Å²) in [6, 6.07) is 14.1. The second-order valence-electron chi connectivity index (χ2n) is 8.57. The maximum Gasteiger partial charge on any atom is 0.312 e. The minimum absolute atomic E-state index is 0.0174. The Labute approximate surface area is 211 Å². The minimum Gasteiger partial charge on any atom is -0.494 e. The van der Waals surface area contributed by atoms with Gasteiger partial charge >= 0.3 is 11.8 Å². The summed E-state index contributed by atoms with van der Waals surface area (Å²) in [5, 5.41) is 14.8. The highest BCUT2D eigenvalue weighted by atomic mass is 16.5. The Morgan fingerprint density at radius 1 is 0.667 bits per heavy atom. The molecule has 1 aliphatic heterocycles. The normalized spacial score (nSPS) is 13.6. The van der Waals surface area contributed by atoms with Crippen LogP contribution in [0.1, 0.15) is 36.8 Å². The lowest BCUT2D eigenvalue weighted by Gasteiger charge is -2.33. The fourth-order valence-electron chi connectivity index (χ4n) is 3.79. The molecule has 192 valence electrons. The fraction of sp³-hybridized carbons (Fsp3) is 0.385. The lowest BCUT2D eigenvalue weighted by atomic mass is 10.2. The summed E-state index contributed by atoms with van der Waals surface area (Å²) in [5.74, 6) is 0.563. The maximum absolute atomic E-state index is 12.5. The maximum atomic E-state index is 12.5. The summed E-state index contributed by atoms with van der Waals surface area (Å²) in [4.78, 5) is 28.2. The van der Waals surface area contributed by atoms with Gasteiger partial charge in [-0.05, 0) is 74.2 Å². The number of nitrogens with two attached hydrogens (primary N) is 2. The SMILES string of the molecule is N=C(N)c1ccc(OCCCCN2CCN(CCCCOc3ccc(C(=N)N)cc3)C(=O)C2=O)cc1. The van der Waals surface area contributed by atoms with Crippen LogP contribution in [0, 0.1) is 10.8 Å². The molecule has 0 atom stereocenters. The number of hydrogen-bond donors (Lipinski definition) is 4. The molecule has 3 rings (SSSR count). The summed E-state index contributed by atoms with van der Waals surface area (Å²) in [5.41, 5.74) is 12.2. The van der Waals surface area contributed by atoms with Crippen LogP contribution in [0.2, 0.25) is 0 Å². The summed E-state index contributed by atoms with van der Waals surface area (Å²) in [6.07, 6.45) is 3.01. The van der Waals surface area contributed by atoms with Crippen LogP contribution in [-0.2, 0) is 9.59 Å². The molecular formula is C26H34N6O4. The van der Waals surface area contributed by atoms with Crippen LogP contribution in [0.4, 0.5) is 0 Å². The van der Waals surface area contributed by atoms with Gasteiger partial charge in [0, 0.05) is 37.3 Å². The molecule has 0 bridgehead atoms. The van der Waals surface area contributed by atoms with E-state index in [2.05, 4.69) is 0 Å². The molecule has 0 unspecified atom stereocenters. The van der Waals surface area contributed by atoms with Crippen LogP contribution < -0.4 is 20.9 Å². The average Bonchev–Trinajstić information content (AvgIpc) is 2.87. The molecule has 0 spiro atoms. The number of piperazine rings is 1. The van der Waals surface area contributed by atoms with E-state index in [-0.39, 0.29) is 11.7 Å². The van der Waals surface area contributed by atoms with Gasteiger partial charge in [0.05, 0.1) is 13.2 Å². The fourth-order valence-corrected chi connectivity index (χ4v) is 3.79. The quantitative estimate of drug-likeness (QED) is 0.136. The van der Waals surface area contributed by atoms with Gasteiger partial charge in [-0.1, -0.05) is 0 Å². The number of benzene rings is 2. The van der Waals surface area contributed by atoms with E-state index < -0.39 is 11.8 Å². The van der Waals surface area contributed by atoms with Crippen LogP contribution in [-0.4, -0.2) is 72.7 Å². The molecule has 1 heterocycles. The first-order valence-electron chi connectivity index (χ1n) is 12.1. The van der Waals surface area contributed by atoms with Crippen molar-refractivity contribution in [1.82, 2.24) is 9.80 Å². The second-order valence-corrected chi connectivity index (χ2v) is 8.57. The Morgan fingerprint density at radius 3 is 1.36 bits per heavy atom. The number of amides is 2. The average molecular weight is 495 g/mol. The van der Waals surface area contributed by atoms with Crippen LogP contribution in [0.3, 0.4) is 0 Å². The molecule has 2 amide bonds.